The molecule has 6 heteroatoms. The molecule has 0 saturated carbocycles. The molecule has 1 aliphatic rings. The lowest BCUT2D eigenvalue weighted by atomic mass is 10.2. The smallest absolute Gasteiger partial charge is 0.219 e. The van der Waals surface area contributed by atoms with E-state index in [4.69, 9.17) is 4.74 Å². The molecule has 2 rings (SSSR count). The van der Waals surface area contributed by atoms with Gasteiger partial charge in [-0.2, -0.15) is 0 Å². The van der Waals surface area contributed by atoms with Crippen LogP contribution in [-0.2, 0) is 11.3 Å². The highest BCUT2D eigenvalue weighted by atomic mass is 79.9. The number of carbonyl (C=O) groups excluding carboxylic acids is 1. The second kappa shape index (κ2) is 7.13. The Balaban J connectivity index is 2.05. The quantitative estimate of drug-likeness (QED) is 0.901. The number of amides is 1. The third-order valence-electron chi connectivity index (χ3n) is 3.75. The Morgan fingerprint density at radius 2 is 2.10 bits per heavy atom. The Labute approximate surface area is 133 Å². The van der Waals surface area contributed by atoms with Gasteiger partial charge >= 0.3 is 0 Å². The van der Waals surface area contributed by atoms with E-state index in [1.807, 2.05) is 17.0 Å². The standard InChI is InChI=1S/C15H21BrN2O3/c1-11(19)18-5-3-4-17(6-7-18)10-12-8-13(16)15(20)14(9-12)21-2/h8-9,20H,3-7,10H2,1-2H3. The predicted octanol–water partition coefficient (Wildman–Crippen LogP) is 2.22. The first-order valence-electron chi connectivity index (χ1n) is 7.04. The van der Waals surface area contributed by atoms with Gasteiger partial charge in [0.2, 0.25) is 5.91 Å². The van der Waals surface area contributed by atoms with Crippen LogP contribution >= 0.6 is 15.9 Å². The first-order chi connectivity index (χ1) is 10.0. The molecule has 1 aliphatic heterocycles. The molecule has 0 unspecified atom stereocenters. The van der Waals surface area contributed by atoms with E-state index in [2.05, 4.69) is 20.8 Å². The maximum absolute atomic E-state index is 11.4. The lowest BCUT2D eigenvalue weighted by Crippen LogP contribution is -2.33. The van der Waals surface area contributed by atoms with Gasteiger partial charge < -0.3 is 14.7 Å². The average molecular weight is 357 g/mol. The number of hydrogen-bond donors (Lipinski definition) is 1. The molecule has 1 heterocycles. The summed E-state index contributed by atoms with van der Waals surface area (Å²) >= 11 is 3.35. The van der Waals surface area contributed by atoms with E-state index >= 15 is 0 Å². The second-order valence-corrected chi connectivity index (χ2v) is 6.12. The van der Waals surface area contributed by atoms with Crippen LogP contribution in [0.2, 0.25) is 0 Å². The van der Waals surface area contributed by atoms with E-state index in [-0.39, 0.29) is 11.7 Å². The van der Waals surface area contributed by atoms with Crippen LogP contribution in [0.15, 0.2) is 16.6 Å². The molecule has 1 fully saturated rings. The van der Waals surface area contributed by atoms with Gasteiger partial charge in [0.05, 0.1) is 11.6 Å². The summed E-state index contributed by atoms with van der Waals surface area (Å²) in [5.41, 5.74) is 1.08. The number of phenols is 1. The van der Waals surface area contributed by atoms with Gasteiger partial charge in [-0.1, -0.05) is 0 Å². The zero-order valence-corrected chi connectivity index (χ0v) is 14.0. The molecule has 0 aromatic heterocycles. The Morgan fingerprint density at radius 1 is 1.33 bits per heavy atom. The Bertz CT molecular complexity index is 522. The third-order valence-corrected chi connectivity index (χ3v) is 4.35. The highest BCUT2D eigenvalue weighted by Gasteiger charge is 2.17. The summed E-state index contributed by atoms with van der Waals surface area (Å²) in [7, 11) is 1.54. The van der Waals surface area contributed by atoms with Crippen LogP contribution in [0.4, 0.5) is 0 Å². The molecule has 0 aliphatic carbocycles. The van der Waals surface area contributed by atoms with Crippen LogP contribution in [0, 0.1) is 0 Å². The van der Waals surface area contributed by atoms with E-state index in [1.54, 1.807) is 14.0 Å². The van der Waals surface area contributed by atoms with Gasteiger partial charge in [-0.15, -0.1) is 0 Å². The summed E-state index contributed by atoms with van der Waals surface area (Å²) in [6.45, 7) is 5.82. The second-order valence-electron chi connectivity index (χ2n) is 5.26. The van der Waals surface area contributed by atoms with E-state index in [9.17, 15) is 9.90 Å². The first-order valence-corrected chi connectivity index (χ1v) is 7.84. The molecule has 1 aromatic rings. The number of benzene rings is 1. The van der Waals surface area contributed by atoms with E-state index in [1.165, 1.54) is 0 Å². The zero-order valence-electron chi connectivity index (χ0n) is 12.4. The van der Waals surface area contributed by atoms with Crippen molar-refractivity contribution in [2.24, 2.45) is 0 Å². The lowest BCUT2D eigenvalue weighted by Gasteiger charge is -2.21. The van der Waals surface area contributed by atoms with E-state index < -0.39 is 0 Å². The van der Waals surface area contributed by atoms with Crippen LogP contribution in [0.25, 0.3) is 0 Å². The molecule has 0 bridgehead atoms. The van der Waals surface area contributed by atoms with Crippen molar-refractivity contribution < 1.29 is 14.6 Å². The molecule has 1 aromatic carbocycles. The van der Waals surface area contributed by atoms with Crippen LogP contribution in [0.3, 0.4) is 0 Å². The molecule has 1 N–H and O–H groups in total. The van der Waals surface area contributed by atoms with E-state index in [0.717, 1.165) is 44.7 Å². The predicted molar refractivity (Wildman–Crippen MR) is 84.5 cm³/mol. The number of nitrogens with zero attached hydrogens (tertiary/aromatic N) is 2. The molecule has 116 valence electrons. The van der Waals surface area contributed by atoms with Crippen molar-refractivity contribution in [3.05, 3.63) is 22.2 Å². The Hall–Kier alpha value is -1.27. The van der Waals surface area contributed by atoms with Gasteiger partial charge in [0.1, 0.15) is 0 Å². The largest absolute Gasteiger partial charge is 0.503 e. The monoisotopic (exact) mass is 356 g/mol. The summed E-state index contributed by atoms with van der Waals surface area (Å²) in [5.74, 6) is 0.741. The fourth-order valence-corrected chi connectivity index (χ4v) is 3.07. The number of aromatic hydroxyl groups is 1. The number of hydrogen-bond acceptors (Lipinski definition) is 4. The SMILES string of the molecule is COc1cc(CN2CCCN(C(C)=O)CC2)cc(Br)c1O. The van der Waals surface area contributed by atoms with Gasteiger partial charge in [-0.3, -0.25) is 9.69 Å². The molecule has 0 atom stereocenters. The average Bonchev–Trinajstić information content (AvgIpc) is 2.68. The molecular weight excluding hydrogens is 336 g/mol. The minimum Gasteiger partial charge on any atom is -0.503 e. The van der Waals surface area contributed by atoms with Crippen molar-refractivity contribution in [2.45, 2.75) is 19.9 Å². The summed E-state index contributed by atoms with van der Waals surface area (Å²) in [4.78, 5) is 15.7. The molecule has 1 amide bonds. The summed E-state index contributed by atoms with van der Waals surface area (Å²) < 4.78 is 5.81. The van der Waals surface area contributed by atoms with Crippen molar-refractivity contribution in [2.75, 3.05) is 33.3 Å². The van der Waals surface area contributed by atoms with Crippen molar-refractivity contribution in [1.82, 2.24) is 9.80 Å². The van der Waals surface area contributed by atoms with Crippen molar-refractivity contribution in [3.63, 3.8) is 0 Å². The Kier molecular flexibility index (Phi) is 5.47. The summed E-state index contributed by atoms with van der Waals surface area (Å²) in [6, 6.07) is 3.76. The van der Waals surface area contributed by atoms with Crippen LogP contribution in [0.5, 0.6) is 11.5 Å². The van der Waals surface area contributed by atoms with Gasteiger partial charge in [-0.25, -0.2) is 0 Å². The van der Waals surface area contributed by atoms with Gasteiger partial charge in [0.25, 0.3) is 0 Å². The maximum Gasteiger partial charge on any atom is 0.219 e. The summed E-state index contributed by atoms with van der Waals surface area (Å²) in [6.07, 6.45) is 0.982. The minimum atomic E-state index is 0.125. The normalized spacial score (nSPS) is 16.6. The van der Waals surface area contributed by atoms with Gasteiger partial charge in [0, 0.05) is 39.6 Å². The number of halogens is 1. The van der Waals surface area contributed by atoms with Crippen LogP contribution < -0.4 is 4.74 Å². The summed E-state index contributed by atoms with van der Waals surface area (Å²) in [5, 5.41) is 9.84. The highest BCUT2D eigenvalue weighted by molar-refractivity contribution is 9.10. The van der Waals surface area contributed by atoms with Gasteiger partial charge in [0.15, 0.2) is 11.5 Å². The topological polar surface area (TPSA) is 53.0 Å². The van der Waals surface area contributed by atoms with Crippen molar-refractivity contribution in [3.8, 4) is 11.5 Å². The fourth-order valence-electron chi connectivity index (χ4n) is 2.58. The van der Waals surface area contributed by atoms with Crippen molar-refractivity contribution >= 4 is 21.8 Å². The highest BCUT2D eigenvalue weighted by Crippen LogP contribution is 2.35. The number of ether oxygens (including phenoxy) is 1. The number of carbonyl (C=O) groups is 1. The molecule has 5 nitrogen and oxygen atoms in total. The third kappa shape index (κ3) is 4.11. The number of methoxy groups -OCH3 is 1. The minimum absolute atomic E-state index is 0.125. The number of phenolic OH excluding ortho intramolecular Hbond substituents is 1. The fraction of sp³-hybridized carbons (Fsp3) is 0.533. The molecule has 0 spiro atoms. The first kappa shape index (κ1) is 16.1. The van der Waals surface area contributed by atoms with Crippen LogP contribution in [0.1, 0.15) is 18.9 Å². The lowest BCUT2D eigenvalue weighted by molar-refractivity contribution is -0.128. The van der Waals surface area contributed by atoms with Crippen LogP contribution in [-0.4, -0.2) is 54.1 Å². The zero-order chi connectivity index (χ0) is 15.4. The Morgan fingerprint density at radius 3 is 2.76 bits per heavy atom. The van der Waals surface area contributed by atoms with Crippen molar-refractivity contribution in [1.29, 1.82) is 0 Å². The van der Waals surface area contributed by atoms with E-state index in [0.29, 0.717) is 10.2 Å². The van der Waals surface area contributed by atoms with Gasteiger partial charge in [-0.05, 0) is 40.0 Å². The molecule has 0 radical (unpaired) electrons. The maximum atomic E-state index is 11.4. The molecule has 21 heavy (non-hydrogen) atoms. The molecule has 1 saturated heterocycles. The molecular formula is C15H21BrN2O3. The number of rotatable bonds is 3.